The molecule has 1 aromatic carbocycles. The molecule has 3 rings (SSSR count). The minimum atomic E-state index is -3.50. The molecular weight excluding hydrogens is 380 g/mol. The Hall–Kier alpha value is -1.51. The number of sulfonamides is 1. The minimum Gasteiger partial charge on any atom is -0.338 e. The summed E-state index contributed by atoms with van der Waals surface area (Å²) >= 11 is 3.36. The van der Waals surface area contributed by atoms with E-state index in [1.54, 1.807) is 24.5 Å². The fraction of sp³-hybridized carbons (Fsp3) is 0.333. The van der Waals surface area contributed by atoms with Gasteiger partial charge in [-0.15, -0.1) is 0 Å². The van der Waals surface area contributed by atoms with Crippen LogP contribution in [0, 0.1) is 6.92 Å². The van der Waals surface area contributed by atoms with Gasteiger partial charge >= 0.3 is 0 Å². The molecule has 6 nitrogen and oxygen atoms in total. The summed E-state index contributed by atoms with van der Waals surface area (Å²) in [5, 5.41) is 0. The summed E-state index contributed by atoms with van der Waals surface area (Å²) in [5.74, 6) is 0.640. The number of aryl methyl sites for hydroxylation is 1. The van der Waals surface area contributed by atoms with Crippen LogP contribution >= 0.6 is 15.9 Å². The molecule has 2 aromatic rings. The zero-order chi connectivity index (χ0) is 16.4. The SMILES string of the molecule is Cc1ccc(S(=O)(=O)N2CCN(c3ncccn3)CC2)c(Br)c1. The van der Waals surface area contributed by atoms with Crippen molar-refractivity contribution in [1.29, 1.82) is 0 Å². The first-order valence-corrected chi connectivity index (χ1v) is 9.50. The Morgan fingerprint density at radius 1 is 1.09 bits per heavy atom. The summed E-state index contributed by atoms with van der Waals surface area (Å²) in [4.78, 5) is 10.7. The van der Waals surface area contributed by atoms with E-state index in [1.807, 2.05) is 24.0 Å². The van der Waals surface area contributed by atoms with E-state index >= 15 is 0 Å². The highest BCUT2D eigenvalue weighted by Crippen LogP contribution is 2.27. The number of hydrogen-bond donors (Lipinski definition) is 0. The van der Waals surface area contributed by atoms with Gasteiger partial charge in [0.25, 0.3) is 0 Å². The van der Waals surface area contributed by atoms with E-state index in [0.29, 0.717) is 41.5 Å². The van der Waals surface area contributed by atoms with Crippen LogP contribution in [-0.2, 0) is 10.0 Å². The lowest BCUT2D eigenvalue weighted by molar-refractivity contribution is 0.382. The Bertz CT molecular complexity index is 790. The van der Waals surface area contributed by atoms with Gasteiger partial charge in [-0.05, 0) is 46.6 Å². The number of halogens is 1. The van der Waals surface area contributed by atoms with Crippen LogP contribution in [0.5, 0.6) is 0 Å². The fourth-order valence-corrected chi connectivity index (χ4v) is 5.11. The van der Waals surface area contributed by atoms with E-state index in [-0.39, 0.29) is 0 Å². The molecule has 1 aromatic heterocycles. The van der Waals surface area contributed by atoms with Gasteiger partial charge < -0.3 is 4.90 Å². The number of hydrogen-bond acceptors (Lipinski definition) is 5. The first-order valence-electron chi connectivity index (χ1n) is 7.27. The first kappa shape index (κ1) is 16.4. The number of piperazine rings is 1. The maximum Gasteiger partial charge on any atom is 0.244 e. The van der Waals surface area contributed by atoms with Crippen LogP contribution in [0.1, 0.15) is 5.56 Å². The van der Waals surface area contributed by atoms with Gasteiger partial charge in [-0.1, -0.05) is 6.07 Å². The van der Waals surface area contributed by atoms with Crippen molar-refractivity contribution in [3.8, 4) is 0 Å². The normalized spacial score (nSPS) is 16.5. The Balaban J connectivity index is 1.76. The van der Waals surface area contributed by atoms with Crippen LogP contribution in [0.15, 0.2) is 46.0 Å². The molecule has 0 spiro atoms. The standard InChI is InChI=1S/C15H17BrN4O2S/c1-12-3-4-14(13(16)11-12)23(21,22)20-9-7-19(8-10-20)15-17-5-2-6-18-15/h2-6,11H,7-10H2,1H3. The quantitative estimate of drug-likeness (QED) is 0.793. The van der Waals surface area contributed by atoms with Gasteiger partial charge in [0, 0.05) is 43.0 Å². The second-order valence-corrected chi connectivity index (χ2v) is 8.13. The number of anilines is 1. The van der Waals surface area contributed by atoms with E-state index in [2.05, 4.69) is 25.9 Å². The molecule has 0 radical (unpaired) electrons. The Kier molecular flexibility index (Phi) is 4.65. The summed E-state index contributed by atoms with van der Waals surface area (Å²) in [6.45, 7) is 3.92. The van der Waals surface area contributed by atoms with Crippen LogP contribution in [0.25, 0.3) is 0 Å². The van der Waals surface area contributed by atoms with Gasteiger partial charge in [0.1, 0.15) is 0 Å². The fourth-order valence-electron chi connectivity index (χ4n) is 2.54. The lowest BCUT2D eigenvalue weighted by Gasteiger charge is -2.34. The predicted octanol–water partition coefficient (Wildman–Crippen LogP) is 2.06. The number of nitrogens with zero attached hydrogens (tertiary/aromatic N) is 4. The average Bonchev–Trinajstić information content (AvgIpc) is 2.55. The highest BCUT2D eigenvalue weighted by Gasteiger charge is 2.30. The van der Waals surface area contributed by atoms with Crippen molar-refractivity contribution in [2.75, 3.05) is 31.1 Å². The maximum atomic E-state index is 12.8. The minimum absolute atomic E-state index is 0.313. The largest absolute Gasteiger partial charge is 0.338 e. The lowest BCUT2D eigenvalue weighted by Crippen LogP contribution is -2.49. The number of aromatic nitrogens is 2. The van der Waals surface area contributed by atoms with Crippen molar-refractivity contribution in [2.24, 2.45) is 0 Å². The monoisotopic (exact) mass is 396 g/mol. The molecule has 8 heteroatoms. The average molecular weight is 397 g/mol. The second-order valence-electron chi connectivity index (χ2n) is 5.37. The van der Waals surface area contributed by atoms with Crippen LogP contribution in [0.2, 0.25) is 0 Å². The predicted molar refractivity (Wildman–Crippen MR) is 91.9 cm³/mol. The zero-order valence-electron chi connectivity index (χ0n) is 12.7. The molecule has 0 bridgehead atoms. The van der Waals surface area contributed by atoms with Gasteiger partial charge in [-0.3, -0.25) is 0 Å². The van der Waals surface area contributed by atoms with Gasteiger partial charge in [0.15, 0.2) is 0 Å². The van der Waals surface area contributed by atoms with E-state index in [4.69, 9.17) is 0 Å². The van der Waals surface area contributed by atoms with Crippen molar-refractivity contribution in [3.05, 3.63) is 46.7 Å². The first-order chi connectivity index (χ1) is 11.0. The molecule has 2 heterocycles. The third-order valence-electron chi connectivity index (χ3n) is 3.78. The third kappa shape index (κ3) is 3.39. The van der Waals surface area contributed by atoms with Crippen molar-refractivity contribution in [1.82, 2.24) is 14.3 Å². The van der Waals surface area contributed by atoms with Crippen molar-refractivity contribution >= 4 is 31.9 Å². The lowest BCUT2D eigenvalue weighted by atomic mass is 10.2. The summed E-state index contributed by atoms with van der Waals surface area (Å²) < 4.78 is 27.7. The summed E-state index contributed by atoms with van der Waals surface area (Å²) in [6.07, 6.45) is 3.38. The number of rotatable bonds is 3. The van der Waals surface area contributed by atoms with Crippen molar-refractivity contribution in [3.63, 3.8) is 0 Å². The Labute approximate surface area is 144 Å². The second kappa shape index (κ2) is 6.54. The highest BCUT2D eigenvalue weighted by molar-refractivity contribution is 9.10. The van der Waals surface area contributed by atoms with Gasteiger partial charge in [0.05, 0.1) is 4.90 Å². The van der Waals surface area contributed by atoms with Gasteiger partial charge in [0.2, 0.25) is 16.0 Å². The van der Waals surface area contributed by atoms with Crippen LogP contribution < -0.4 is 4.90 Å². The van der Waals surface area contributed by atoms with E-state index < -0.39 is 10.0 Å². The topological polar surface area (TPSA) is 66.4 Å². The molecule has 122 valence electrons. The van der Waals surface area contributed by atoms with E-state index in [9.17, 15) is 8.42 Å². The molecule has 0 atom stereocenters. The molecule has 1 aliphatic rings. The highest BCUT2D eigenvalue weighted by atomic mass is 79.9. The molecule has 1 saturated heterocycles. The van der Waals surface area contributed by atoms with Gasteiger partial charge in [-0.2, -0.15) is 4.31 Å². The third-order valence-corrected chi connectivity index (χ3v) is 6.65. The van der Waals surface area contributed by atoms with Crippen molar-refractivity contribution < 1.29 is 8.42 Å². The summed E-state index contributed by atoms with van der Waals surface area (Å²) in [5.41, 5.74) is 1.02. The van der Waals surface area contributed by atoms with Crippen LogP contribution in [0.4, 0.5) is 5.95 Å². The molecule has 1 aliphatic heterocycles. The Morgan fingerprint density at radius 2 is 1.74 bits per heavy atom. The molecule has 0 unspecified atom stereocenters. The molecule has 1 fully saturated rings. The zero-order valence-corrected chi connectivity index (χ0v) is 15.1. The van der Waals surface area contributed by atoms with Crippen LogP contribution in [0.3, 0.4) is 0 Å². The molecule has 23 heavy (non-hydrogen) atoms. The molecular formula is C15H17BrN4O2S. The van der Waals surface area contributed by atoms with E-state index in [0.717, 1.165) is 5.56 Å². The Morgan fingerprint density at radius 3 is 2.35 bits per heavy atom. The van der Waals surface area contributed by atoms with Gasteiger partial charge in [-0.25, -0.2) is 18.4 Å². The maximum absolute atomic E-state index is 12.8. The van der Waals surface area contributed by atoms with Crippen molar-refractivity contribution in [2.45, 2.75) is 11.8 Å². The van der Waals surface area contributed by atoms with E-state index in [1.165, 1.54) is 4.31 Å². The molecule has 0 N–H and O–H groups in total. The summed E-state index contributed by atoms with van der Waals surface area (Å²) in [7, 11) is -3.50. The summed E-state index contributed by atoms with van der Waals surface area (Å²) in [6, 6.07) is 7.05. The molecule has 0 amide bonds. The number of benzene rings is 1. The molecule has 0 saturated carbocycles. The smallest absolute Gasteiger partial charge is 0.244 e. The van der Waals surface area contributed by atoms with Crippen LogP contribution in [-0.4, -0.2) is 48.9 Å². The molecule has 0 aliphatic carbocycles.